The molecule has 7 heteroatoms. The Morgan fingerprint density at radius 3 is 2.55 bits per heavy atom. The van der Waals surface area contributed by atoms with Gasteiger partial charge in [0.05, 0.1) is 12.4 Å². The zero-order valence-electron chi connectivity index (χ0n) is 11.5. The van der Waals surface area contributed by atoms with Gasteiger partial charge in [0, 0.05) is 13.0 Å². The molecule has 0 atom stereocenters. The minimum atomic E-state index is -0.807. The van der Waals surface area contributed by atoms with Crippen LogP contribution in [-0.2, 0) is 4.79 Å². The largest absolute Gasteiger partial charge is 0.481 e. The number of nitrogens with zero attached hydrogens (tertiary/aromatic N) is 2. The van der Waals surface area contributed by atoms with Crippen LogP contribution in [-0.4, -0.2) is 33.5 Å². The number of nitrogens with one attached hydrogen (secondary N) is 1. The third kappa shape index (κ3) is 5.97. The Hall–Kier alpha value is -1.69. The number of rotatable bonds is 7. The normalized spacial score (nSPS) is 11.2. The van der Waals surface area contributed by atoms with E-state index in [-0.39, 0.29) is 28.6 Å². The van der Waals surface area contributed by atoms with E-state index in [0.717, 1.165) is 0 Å². The van der Waals surface area contributed by atoms with Crippen molar-refractivity contribution < 1.29 is 14.7 Å². The van der Waals surface area contributed by atoms with Gasteiger partial charge in [0.25, 0.3) is 5.91 Å². The summed E-state index contributed by atoms with van der Waals surface area (Å²) in [4.78, 5) is 30.0. The molecule has 0 aliphatic rings. The molecule has 1 heterocycles. The van der Waals surface area contributed by atoms with Crippen molar-refractivity contribution in [2.45, 2.75) is 33.1 Å². The maximum absolute atomic E-state index is 11.8. The van der Waals surface area contributed by atoms with Gasteiger partial charge < -0.3 is 10.4 Å². The molecule has 0 aromatic carbocycles. The molecule has 0 saturated carbocycles. The number of carboxylic acids is 1. The van der Waals surface area contributed by atoms with E-state index in [9.17, 15) is 9.59 Å². The summed E-state index contributed by atoms with van der Waals surface area (Å²) in [6.45, 7) is 4.41. The predicted octanol–water partition coefficient (Wildman–Crippen LogP) is 2.14. The highest BCUT2D eigenvalue weighted by molar-refractivity contribution is 6.29. The van der Waals surface area contributed by atoms with E-state index in [0.29, 0.717) is 19.4 Å². The van der Waals surface area contributed by atoms with Crippen molar-refractivity contribution in [1.29, 1.82) is 0 Å². The van der Waals surface area contributed by atoms with Gasteiger partial charge in [-0.15, -0.1) is 0 Å². The van der Waals surface area contributed by atoms with Crippen molar-refractivity contribution in [3.05, 3.63) is 23.2 Å². The zero-order valence-corrected chi connectivity index (χ0v) is 12.3. The number of carbonyl (C=O) groups excluding carboxylic acids is 1. The van der Waals surface area contributed by atoms with Crippen LogP contribution in [0, 0.1) is 5.41 Å². The molecule has 0 aliphatic heterocycles. The molecule has 0 spiro atoms. The second-order valence-corrected chi connectivity index (χ2v) is 5.68. The SMILES string of the molecule is CC(C)(CCNC(=O)c1cnc(Cl)cn1)CCC(=O)O. The van der Waals surface area contributed by atoms with Crippen LogP contribution in [0.15, 0.2) is 12.4 Å². The van der Waals surface area contributed by atoms with Crippen LogP contribution < -0.4 is 5.32 Å². The Bertz CT molecular complexity index is 474. The minimum Gasteiger partial charge on any atom is -0.481 e. The first kappa shape index (κ1) is 16.4. The van der Waals surface area contributed by atoms with Crippen LogP contribution in [0.3, 0.4) is 0 Å². The molecule has 0 saturated heterocycles. The quantitative estimate of drug-likeness (QED) is 0.804. The van der Waals surface area contributed by atoms with Gasteiger partial charge in [-0.3, -0.25) is 9.59 Å². The number of carboxylic acid groups (broad SMARTS) is 1. The second-order valence-electron chi connectivity index (χ2n) is 5.29. The minimum absolute atomic E-state index is 0.129. The molecule has 2 N–H and O–H groups in total. The molecule has 0 aliphatic carbocycles. The fourth-order valence-corrected chi connectivity index (χ4v) is 1.70. The lowest BCUT2D eigenvalue weighted by molar-refractivity contribution is -0.137. The lowest BCUT2D eigenvalue weighted by Gasteiger charge is -2.23. The van der Waals surface area contributed by atoms with Gasteiger partial charge in [-0.1, -0.05) is 25.4 Å². The standard InChI is InChI=1S/C13H18ClN3O3/c1-13(2,4-3-11(18)19)5-6-15-12(20)9-7-17-10(14)8-16-9/h7-8H,3-6H2,1-2H3,(H,15,20)(H,18,19). The Kier molecular flexibility index (Phi) is 5.88. The monoisotopic (exact) mass is 299 g/mol. The number of halogens is 1. The second kappa shape index (κ2) is 7.19. The van der Waals surface area contributed by atoms with Crippen molar-refractivity contribution >= 4 is 23.5 Å². The number of aliphatic carboxylic acids is 1. The molecular formula is C13H18ClN3O3. The Labute approximate surface area is 122 Å². The fourth-order valence-electron chi connectivity index (χ4n) is 1.60. The number of hydrogen-bond acceptors (Lipinski definition) is 4. The van der Waals surface area contributed by atoms with Gasteiger partial charge in [-0.2, -0.15) is 0 Å². The predicted molar refractivity (Wildman–Crippen MR) is 74.6 cm³/mol. The number of amides is 1. The Morgan fingerprint density at radius 1 is 1.30 bits per heavy atom. The molecule has 1 aromatic rings. The third-order valence-electron chi connectivity index (χ3n) is 2.96. The Morgan fingerprint density at radius 2 is 2.00 bits per heavy atom. The summed E-state index contributed by atoms with van der Waals surface area (Å²) in [6.07, 6.45) is 4.01. The topological polar surface area (TPSA) is 92.2 Å². The summed E-state index contributed by atoms with van der Waals surface area (Å²) in [7, 11) is 0. The van der Waals surface area contributed by atoms with Crippen LogP contribution in [0.1, 0.15) is 43.6 Å². The van der Waals surface area contributed by atoms with Crippen molar-refractivity contribution in [2.75, 3.05) is 6.54 Å². The summed E-state index contributed by atoms with van der Waals surface area (Å²) in [5, 5.41) is 11.6. The molecule has 1 aromatic heterocycles. The van der Waals surface area contributed by atoms with Gasteiger partial charge in [-0.25, -0.2) is 9.97 Å². The molecule has 1 amide bonds. The first-order chi connectivity index (χ1) is 9.30. The molecular weight excluding hydrogens is 282 g/mol. The van der Waals surface area contributed by atoms with Crippen molar-refractivity contribution in [3.63, 3.8) is 0 Å². The summed E-state index contributed by atoms with van der Waals surface area (Å²) >= 11 is 5.59. The molecule has 0 radical (unpaired) electrons. The van der Waals surface area contributed by atoms with Gasteiger partial charge in [0.15, 0.2) is 0 Å². The third-order valence-corrected chi connectivity index (χ3v) is 3.15. The number of carbonyl (C=O) groups is 2. The van der Waals surface area contributed by atoms with E-state index < -0.39 is 5.97 Å². The van der Waals surface area contributed by atoms with Crippen molar-refractivity contribution in [1.82, 2.24) is 15.3 Å². The molecule has 1 rings (SSSR count). The van der Waals surface area contributed by atoms with Gasteiger partial charge >= 0.3 is 5.97 Å². The summed E-state index contributed by atoms with van der Waals surface area (Å²) in [5.74, 6) is -1.12. The van der Waals surface area contributed by atoms with Crippen LogP contribution in [0.2, 0.25) is 5.15 Å². The molecule has 20 heavy (non-hydrogen) atoms. The summed E-state index contributed by atoms with van der Waals surface area (Å²) in [5.41, 5.74) is 0.0647. The van der Waals surface area contributed by atoms with E-state index in [1.54, 1.807) is 0 Å². The molecule has 0 bridgehead atoms. The zero-order chi connectivity index (χ0) is 15.2. The highest BCUT2D eigenvalue weighted by Gasteiger charge is 2.19. The van der Waals surface area contributed by atoms with Crippen LogP contribution in [0.25, 0.3) is 0 Å². The molecule has 110 valence electrons. The van der Waals surface area contributed by atoms with Crippen LogP contribution >= 0.6 is 11.6 Å². The lowest BCUT2D eigenvalue weighted by atomic mass is 9.84. The van der Waals surface area contributed by atoms with E-state index in [2.05, 4.69) is 15.3 Å². The van der Waals surface area contributed by atoms with Gasteiger partial charge in [0.2, 0.25) is 0 Å². The molecule has 6 nitrogen and oxygen atoms in total. The lowest BCUT2D eigenvalue weighted by Crippen LogP contribution is -2.29. The summed E-state index contributed by atoms with van der Waals surface area (Å²) < 4.78 is 0. The highest BCUT2D eigenvalue weighted by atomic mass is 35.5. The number of aromatic nitrogens is 2. The first-order valence-corrected chi connectivity index (χ1v) is 6.65. The van der Waals surface area contributed by atoms with Crippen LogP contribution in [0.5, 0.6) is 0 Å². The highest BCUT2D eigenvalue weighted by Crippen LogP contribution is 2.25. The molecule has 0 fully saturated rings. The van der Waals surface area contributed by atoms with E-state index >= 15 is 0 Å². The Balaban J connectivity index is 2.38. The maximum atomic E-state index is 11.8. The number of hydrogen-bond donors (Lipinski definition) is 2. The molecule has 0 unspecified atom stereocenters. The fraction of sp³-hybridized carbons (Fsp3) is 0.538. The van der Waals surface area contributed by atoms with Crippen LogP contribution in [0.4, 0.5) is 0 Å². The first-order valence-electron chi connectivity index (χ1n) is 6.28. The average molecular weight is 300 g/mol. The maximum Gasteiger partial charge on any atom is 0.303 e. The smallest absolute Gasteiger partial charge is 0.303 e. The van der Waals surface area contributed by atoms with Gasteiger partial charge in [0.1, 0.15) is 10.8 Å². The average Bonchev–Trinajstić information content (AvgIpc) is 2.37. The van der Waals surface area contributed by atoms with Crippen molar-refractivity contribution in [2.24, 2.45) is 5.41 Å². The van der Waals surface area contributed by atoms with E-state index in [4.69, 9.17) is 16.7 Å². The summed E-state index contributed by atoms with van der Waals surface area (Å²) in [6, 6.07) is 0. The van der Waals surface area contributed by atoms with E-state index in [1.165, 1.54) is 12.4 Å². The van der Waals surface area contributed by atoms with Crippen molar-refractivity contribution in [3.8, 4) is 0 Å². The van der Waals surface area contributed by atoms with Gasteiger partial charge in [-0.05, 0) is 18.3 Å². The van der Waals surface area contributed by atoms with E-state index in [1.807, 2.05) is 13.8 Å².